The Morgan fingerprint density at radius 2 is 1.72 bits per heavy atom. The van der Waals surface area contributed by atoms with E-state index in [1.807, 2.05) is 12.5 Å². The number of anilines is 1. The van der Waals surface area contributed by atoms with Gasteiger partial charge in [-0.05, 0) is 31.2 Å². The van der Waals surface area contributed by atoms with Gasteiger partial charge in [-0.2, -0.15) is 0 Å². The normalized spacial score (nSPS) is 15.9. The Bertz CT molecular complexity index is 509. The fourth-order valence-corrected chi connectivity index (χ4v) is 2.38. The molecule has 0 aliphatic carbocycles. The summed E-state index contributed by atoms with van der Waals surface area (Å²) in [4.78, 5) is 6.57. The second-order valence-corrected chi connectivity index (χ2v) is 4.66. The highest BCUT2D eigenvalue weighted by Gasteiger charge is 2.10. The molecule has 94 valence electrons. The molecule has 1 fully saturated rings. The smallest absolute Gasteiger partial charge is 0.0994 e. The first-order valence-electron chi connectivity index (χ1n) is 6.40. The molecule has 0 unspecified atom stereocenters. The van der Waals surface area contributed by atoms with E-state index in [-0.39, 0.29) is 0 Å². The van der Waals surface area contributed by atoms with Crippen LogP contribution in [0.2, 0.25) is 0 Å². The predicted molar refractivity (Wildman–Crippen MR) is 73.4 cm³/mol. The van der Waals surface area contributed by atoms with Crippen LogP contribution in [0.25, 0.3) is 5.69 Å². The summed E-state index contributed by atoms with van der Waals surface area (Å²) in [5.41, 5.74) is 3.63. The molecule has 1 aromatic carbocycles. The van der Waals surface area contributed by atoms with Gasteiger partial charge in [-0.25, -0.2) is 4.98 Å². The first-order chi connectivity index (χ1) is 8.84. The molecule has 4 nitrogen and oxygen atoms in total. The van der Waals surface area contributed by atoms with Gasteiger partial charge in [0.1, 0.15) is 0 Å². The van der Waals surface area contributed by atoms with Gasteiger partial charge in [-0.15, -0.1) is 0 Å². The van der Waals surface area contributed by atoms with Crippen molar-refractivity contribution in [3.8, 4) is 5.69 Å². The van der Waals surface area contributed by atoms with Crippen LogP contribution in [0.15, 0.2) is 36.8 Å². The molecule has 1 aliphatic rings. The van der Waals surface area contributed by atoms with Gasteiger partial charge < -0.3 is 14.8 Å². The number of nitrogens with zero attached hydrogens (tertiary/aromatic N) is 3. The minimum Gasteiger partial charge on any atom is -0.369 e. The van der Waals surface area contributed by atoms with Crippen LogP contribution in [-0.2, 0) is 0 Å². The van der Waals surface area contributed by atoms with Crippen molar-refractivity contribution in [3.63, 3.8) is 0 Å². The van der Waals surface area contributed by atoms with Crippen molar-refractivity contribution in [2.24, 2.45) is 0 Å². The molecule has 0 radical (unpaired) electrons. The Kier molecular flexibility index (Phi) is 3.02. The minimum absolute atomic E-state index is 1.07. The van der Waals surface area contributed by atoms with E-state index < -0.39 is 0 Å². The second-order valence-electron chi connectivity index (χ2n) is 4.66. The maximum absolute atomic E-state index is 4.15. The summed E-state index contributed by atoms with van der Waals surface area (Å²) in [6.07, 6.45) is 3.74. The Hall–Kier alpha value is -1.81. The van der Waals surface area contributed by atoms with Crippen LogP contribution in [0.5, 0.6) is 0 Å². The first kappa shape index (κ1) is 11.3. The average molecular weight is 242 g/mol. The third kappa shape index (κ3) is 2.11. The maximum Gasteiger partial charge on any atom is 0.0994 e. The van der Waals surface area contributed by atoms with Gasteiger partial charge in [0.25, 0.3) is 0 Å². The van der Waals surface area contributed by atoms with Crippen LogP contribution in [-0.4, -0.2) is 35.7 Å². The zero-order valence-corrected chi connectivity index (χ0v) is 10.6. The lowest BCUT2D eigenvalue weighted by Gasteiger charge is -2.29. The van der Waals surface area contributed by atoms with Crippen LogP contribution >= 0.6 is 0 Å². The highest BCUT2D eigenvalue weighted by atomic mass is 15.2. The number of aromatic nitrogens is 2. The summed E-state index contributed by atoms with van der Waals surface area (Å²) in [6.45, 7) is 6.38. The van der Waals surface area contributed by atoms with Crippen LogP contribution in [0.3, 0.4) is 0 Å². The molecule has 0 bridgehead atoms. The van der Waals surface area contributed by atoms with Gasteiger partial charge in [-0.3, -0.25) is 0 Å². The maximum atomic E-state index is 4.15. The van der Waals surface area contributed by atoms with Crippen molar-refractivity contribution in [2.75, 3.05) is 31.1 Å². The Labute approximate surface area is 107 Å². The fraction of sp³-hybridized carbons (Fsp3) is 0.357. The number of rotatable bonds is 2. The van der Waals surface area contributed by atoms with Gasteiger partial charge in [0.05, 0.1) is 6.33 Å². The molecular formula is C14H18N4. The molecule has 3 rings (SSSR count). The summed E-state index contributed by atoms with van der Waals surface area (Å²) in [6, 6.07) is 8.71. The summed E-state index contributed by atoms with van der Waals surface area (Å²) >= 11 is 0. The summed E-state index contributed by atoms with van der Waals surface area (Å²) in [5.74, 6) is 0. The van der Waals surface area contributed by atoms with Crippen molar-refractivity contribution >= 4 is 5.69 Å². The number of hydrogen-bond acceptors (Lipinski definition) is 3. The fourth-order valence-electron chi connectivity index (χ4n) is 2.38. The monoisotopic (exact) mass is 242 g/mol. The highest BCUT2D eigenvalue weighted by Crippen LogP contribution is 2.18. The third-order valence-corrected chi connectivity index (χ3v) is 3.43. The third-order valence-electron chi connectivity index (χ3n) is 3.43. The highest BCUT2D eigenvalue weighted by molar-refractivity contribution is 5.51. The van der Waals surface area contributed by atoms with Crippen LogP contribution in [0.4, 0.5) is 5.69 Å². The molecule has 0 saturated carbocycles. The molecule has 2 aromatic rings. The zero-order chi connectivity index (χ0) is 12.4. The number of nitrogens with one attached hydrogen (secondary N) is 1. The predicted octanol–water partition coefficient (Wildman–Crippen LogP) is 1.59. The molecule has 4 heteroatoms. The summed E-state index contributed by atoms with van der Waals surface area (Å²) in [5, 5.41) is 3.37. The molecule has 0 atom stereocenters. The van der Waals surface area contributed by atoms with E-state index in [0.717, 1.165) is 31.9 Å². The molecule has 0 spiro atoms. The van der Waals surface area contributed by atoms with Crippen molar-refractivity contribution in [1.82, 2.24) is 14.9 Å². The minimum atomic E-state index is 1.07. The lowest BCUT2D eigenvalue weighted by atomic mass is 10.2. The SMILES string of the molecule is Cc1cncn1-c1ccc(N2CCNCC2)cc1. The molecule has 1 aromatic heterocycles. The van der Waals surface area contributed by atoms with E-state index in [1.54, 1.807) is 0 Å². The molecule has 1 aliphatic heterocycles. The molecular weight excluding hydrogens is 224 g/mol. The van der Waals surface area contributed by atoms with E-state index >= 15 is 0 Å². The number of aryl methyl sites for hydroxylation is 1. The van der Waals surface area contributed by atoms with Crippen molar-refractivity contribution in [2.45, 2.75) is 6.92 Å². The zero-order valence-electron chi connectivity index (χ0n) is 10.6. The van der Waals surface area contributed by atoms with E-state index in [0.29, 0.717) is 0 Å². The molecule has 18 heavy (non-hydrogen) atoms. The van der Waals surface area contributed by atoms with Gasteiger partial charge >= 0.3 is 0 Å². The standard InChI is InChI=1S/C14H18N4/c1-12-10-16-11-18(12)14-4-2-13(3-5-14)17-8-6-15-7-9-17/h2-5,10-11,15H,6-9H2,1H3. The molecule has 1 N–H and O–H groups in total. The van der Waals surface area contributed by atoms with Gasteiger partial charge in [-0.1, -0.05) is 0 Å². The summed E-state index contributed by atoms with van der Waals surface area (Å²) in [7, 11) is 0. The number of piperazine rings is 1. The van der Waals surface area contributed by atoms with E-state index in [9.17, 15) is 0 Å². The van der Waals surface area contributed by atoms with Gasteiger partial charge in [0.2, 0.25) is 0 Å². The largest absolute Gasteiger partial charge is 0.369 e. The van der Waals surface area contributed by atoms with Crippen LogP contribution < -0.4 is 10.2 Å². The second kappa shape index (κ2) is 4.82. The van der Waals surface area contributed by atoms with Gasteiger partial charge in [0.15, 0.2) is 0 Å². The van der Waals surface area contributed by atoms with E-state index in [4.69, 9.17) is 0 Å². The van der Waals surface area contributed by atoms with Crippen molar-refractivity contribution in [1.29, 1.82) is 0 Å². The topological polar surface area (TPSA) is 33.1 Å². The lowest BCUT2D eigenvalue weighted by molar-refractivity contribution is 0.589. The Balaban J connectivity index is 1.82. The number of benzene rings is 1. The van der Waals surface area contributed by atoms with E-state index in [1.165, 1.54) is 11.4 Å². The van der Waals surface area contributed by atoms with Crippen molar-refractivity contribution < 1.29 is 0 Å². The molecule has 0 amide bonds. The van der Waals surface area contributed by atoms with Crippen LogP contribution in [0.1, 0.15) is 5.69 Å². The quantitative estimate of drug-likeness (QED) is 0.868. The Morgan fingerprint density at radius 1 is 1.06 bits per heavy atom. The molecule has 1 saturated heterocycles. The first-order valence-corrected chi connectivity index (χ1v) is 6.40. The number of hydrogen-bond donors (Lipinski definition) is 1. The van der Waals surface area contributed by atoms with Crippen molar-refractivity contribution in [3.05, 3.63) is 42.5 Å². The van der Waals surface area contributed by atoms with E-state index in [2.05, 4.69) is 51.0 Å². The average Bonchev–Trinajstić information content (AvgIpc) is 2.86. The van der Waals surface area contributed by atoms with Crippen LogP contribution in [0, 0.1) is 6.92 Å². The summed E-state index contributed by atoms with van der Waals surface area (Å²) < 4.78 is 2.10. The Morgan fingerprint density at radius 3 is 2.33 bits per heavy atom. The number of imidazole rings is 1. The lowest BCUT2D eigenvalue weighted by Crippen LogP contribution is -2.43. The molecule has 2 heterocycles. The van der Waals surface area contributed by atoms with Gasteiger partial charge in [0, 0.05) is 49.4 Å².